The third-order valence-electron chi connectivity index (χ3n) is 4.61. The normalized spacial score (nSPS) is 11.4. The number of ether oxygens (including phenoxy) is 2. The maximum Gasteiger partial charge on any atom is 0.338 e. The van der Waals surface area contributed by atoms with Gasteiger partial charge in [-0.15, -0.1) is 0 Å². The molecule has 1 unspecified atom stereocenters. The van der Waals surface area contributed by atoms with E-state index in [9.17, 15) is 9.59 Å². The minimum Gasteiger partial charge on any atom is -0.490 e. The van der Waals surface area contributed by atoms with Crippen molar-refractivity contribution >= 4 is 30.2 Å². The molecule has 0 radical (unpaired) electrons. The summed E-state index contributed by atoms with van der Waals surface area (Å²) in [6.07, 6.45) is 0.597. The Hall–Kier alpha value is -3.25. The van der Waals surface area contributed by atoms with Gasteiger partial charge in [-0.3, -0.25) is 4.79 Å². The number of nitrogens with one attached hydrogen (secondary N) is 1. The Morgan fingerprint density at radius 1 is 0.871 bits per heavy atom. The highest BCUT2D eigenvalue weighted by Crippen LogP contribution is 2.16. The molecule has 0 saturated heterocycles. The Kier molecular flexibility index (Phi) is 8.55. The minimum atomic E-state index is -0.470. The predicted octanol–water partition coefficient (Wildman–Crippen LogP) is 4.65. The van der Waals surface area contributed by atoms with Crippen molar-refractivity contribution in [1.29, 1.82) is 0 Å². The number of carbonyl (C=O) groups is 2. The van der Waals surface area contributed by atoms with Crippen molar-refractivity contribution in [3.05, 3.63) is 96.1 Å². The standard InChI is InChI=1S/C25H25NO4S/c27-24(21(18-31)16-19-8-3-1-4-9-19)26-22-11-7-10-20(17-22)25(28)30-15-14-29-23-12-5-2-6-13-23/h1-13,17,21,31H,14-16,18H2,(H,26,27). The zero-order chi connectivity index (χ0) is 21.9. The molecule has 0 fully saturated rings. The second kappa shape index (κ2) is 11.8. The molecule has 160 valence electrons. The SMILES string of the molecule is O=C(OCCOc1ccccc1)c1cccc(NC(=O)C(CS)Cc2ccccc2)c1. The first kappa shape index (κ1) is 22.4. The number of carbonyl (C=O) groups excluding carboxylic acids is 2. The number of amides is 1. The number of benzene rings is 3. The molecule has 3 rings (SSSR count). The van der Waals surface area contributed by atoms with E-state index in [4.69, 9.17) is 9.47 Å². The highest BCUT2D eigenvalue weighted by atomic mass is 32.1. The van der Waals surface area contributed by atoms with Crippen LogP contribution in [0.4, 0.5) is 5.69 Å². The number of anilines is 1. The topological polar surface area (TPSA) is 64.6 Å². The number of para-hydroxylation sites is 1. The molecule has 0 aliphatic rings. The number of esters is 1. The lowest BCUT2D eigenvalue weighted by atomic mass is 10.00. The monoisotopic (exact) mass is 435 g/mol. The summed E-state index contributed by atoms with van der Waals surface area (Å²) >= 11 is 4.33. The van der Waals surface area contributed by atoms with Crippen LogP contribution in [0.1, 0.15) is 15.9 Å². The van der Waals surface area contributed by atoms with Crippen molar-refractivity contribution in [3.63, 3.8) is 0 Å². The first-order chi connectivity index (χ1) is 15.2. The van der Waals surface area contributed by atoms with Crippen LogP contribution < -0.4 is 10.1 Å². The van der Waals surface area contributed by atoms with E-state index >= 15 is 0 Å². The maximum atomic E-state index is 12.7. The number of thiol groups is 1. The number of hydrogen-bond donors (Lipinski definition) is 2. The summed E-state index contributed by atoms with van der Waals surface area (Å²) in [5, 5.41) is 2.88. The molecule has 3 aromatic rings. The van der Waals surface area contributed by atoms with E-state index in [1.165, 1.54) is 0 Å². The van der Waals surface area contributed by atoms with Crippen LogP contribution in [0.25, 0.3) is 0 Å². The summed E-state index contributed by atoms with van der Waals surface area (Å²) in [5.41, 5.74) is 1.98. The third kappa shape index (κ3) is 7.19. The van der Waals surface area contributed by atoms with Crippen molar-refractivity contribution in [2.24, 2.45) is 5.92 Å². The smallest absolute Gasteiger partial charge is 0.338 e. The second-order valence-electron chi connectivity index (χ2n) is 6.94. The average molecular weight is 436 g/mol. The zero-order valence-corrected chi connectivity index (χ0v) is 18.0. The molecule has 5 nitrogen and oxygen atoms in total. The summed E-state index contributed by atoms with van der Waals surface area (Å²) in [5.74, 6) is 0.251. The minimum absolute atomic E-state index is 0.128. The van der Waals surface area contributed by atoms with E-state index in [0.717, 1.165) is 11.3 Å². The van der Waals surface area contributed by atoms with Crippen LogP contribution in [0.2, 0.25) is 0 Å². The molecule has 0 aliphatic carbocycles. The Morgan fingerprint density at radius 2 is 1.58 bits per heavy atom. The van der Waals surface area contributed by atoms with Gasteiger partial charge in [0.2, 0.25) is 5.91 Å². The van der Waals surface area contributed by atoms with Crippen LogP contribution in [0.3, 0.4) is 0 Å². The molecule has 3 aromatic carbocycles. The van der Waals surface area contributed by atoms with Gasteiger partial charge in [0.25, 0.3) is 0 Å². The van der Waals surface area contributed by atoms with Gasteiger partial charge in [-0.05, 0) is 42.3 Å². The largest absolute Gasteiger partial charge is 0.490 e. The maximum absolute atomic E-state index is 12.7. The zero-order valence-electron chi connectivity index (χ0n) is 17.1. The van der Waals surface area contributed by atoms with E-state index < -0.39 is 5.97 Å². The average Bonchev–Trinajstić information content (AvgIpc) is 2.81. The molecule has 0 aromatic heterocycles. The molecule has 0 aliphatic heterocycles. The van der Waals surface area contributed by atoms with Gasteiger partial charge in [0, 0.05) is 11.4 Å². The summed E-state index contributed by atoms with van der Waals surface area (Å²) in [6, 6.07) is 25.8. The van der Waals surface area contributed by atoms with E-state index in [-0.39, 0.29) is 25.0 Å². The van der Waals surface area contributed by atoms with Gasteiger partial charge in [-0.2, -0.15) is 12.6 Å². The van der Waals surface area contributed by atoms with E-state index in [2.05, 4.69) is 17.9 Å². The van der Waals surface area contributed by atoms with Gasteiger partial charge >= 0.3 is 5.97 Å². The fourth-order valence-electron chi connectivity index (χ4n) is 3.00. The van der Waals surface area contributed by atoms with E-state index in [1.54, 1.807) is 24.3 Å². The summed E-state index contributed by atoms with van der Waals surface area (Å²) in [7, 11) is 0. The van der Waals surface area contributed by atoms with Crippen molar-refractivity contribution < 1.29 is 19.1 Å². The lowest BCUT2D eigenvalue weighted by Gasteiger charge is -2.15. The van der Waals surface area contributed by atoms with Crippen molar-refractivity contribution in [1.82, 2.24) is 0 Å². The van der Waals surface area contributed by atoms with Crippen LogP contribution in [-0.4, -0.2) is 30.8 Å². The quantitative estimate of drug-likeness (QED) is 0.276. The lowest BCUT2D eigenvalue weighted by molar-refractivity contribution is -0.119. The molecular formula is C25H25NO4S. The third-order valence-corrected chi connectivity index (χ3v) is 5.05. The van der Waals surface area contributed by atoms with Gasteiger partial charge in [0.15, 0.2) is 0 Å². The first-order valence-corrected chi connectivity index (χ1v) is 10.7. The summed E-state index contributed by atoms with van der Waals surface area (Å²) in [6.45, 7) is 0.387. The Balaban J connectivity index is 1.51. The van der Waals surface area contributed by atoms with Crippen LogP contribution >= 0.6 is 12.6 Å². The van der Waals surface area contributed by atoms with E-state index in [1.807, 2.05) is 60.7 Å². The second-order valence-corrected chi connectivity index (χ2v) is 7.30. The molecule has 0 bridgehead atoms. The lowest BCUT2D eigenvalue weighted by Crippen LogP contribution is -2.26. The number of rotatable bonds is 10. The van der Waals surface area contributed by atoms with Crippen LogP contribution in [0, 0.1) is 5.92 Å². The van der Waals surface area contributed by atoms with Gasteiger partial charge in [0.05, 0.1) is 11.5 Å². The molecular weight excluding hydrogens is 410 g/mol. The van der Waals surface area contributed by atoms with Crippen molar-refractivity contribution in [3.8, 4) is 5.75 Å². The van der Waals surface area contributed by atoms with Gasteiger partial charge in [-0.25, -0.2) is 4.79 Å². The Labute approximate surface area is 187 Å². The number of hydrogen-bond acceptors (Lipinski definition) is 5. The Morgan fingerprint density at radius 3 is 2.29 bits per heavy atom. The molecule has 0 spiro atoms. The van der Waals surface area contributed by atoms with E-state index in [0.29, 0.717) is 23.4 Å². The molecule has 1 atom stereocenters. The van der Waals surface area contributed by atoms with Crippen LogP contribution in [0.15, 0.2) is 84.9 Å². The molecule has 31 heavy (non-hydrogen) atoms. The van der Waals surface area contributed by atoms with Crippen LogP contribution in [0.5, 0.6) is 5.75 Å². The van der Waals surface area contributed by atoms with Gasteiger partial charge < -0.3 is 14.8 Å². The Bertz CT molecular complexity index is 979. The fourth-order valence-corrected chi connectivity index (χ4v) is 3.30. The first-order valence-electron chi connectivity index (χ1n) is 10.1. The molecule has 6 heteroatoms. The molecule has 0 saturated carbocycles. The van der Waals surface area contributed by atoms with Crippen molar-refractivity contribution in [2.45, 2.75) is 6.42 Å². The summed E-state index contributed by atoms with van der Waals surface area (Å²) in [4.78, 5) is 25.0. The molecule has 1 N–H and O–H groups in total. The molecule has 0 heterocycles. The summed E-state index contributed by atoms with van der Waals surface area (Å²) < 4.78 is 10.8. The van der Waals surface area contributed by atoms with Gasteiger partial charge in [-0.1, -0.05) is 54.6 Å². The van der Waals surface area contributed by atoms with Crippen LogP contribution in [-0.2, 0) is 16.0 Å². The highest BCUT2D eigenvalue weighted by molar-refractivity contribution is 7.80. The predicted molar refractivity (Wildman–Crippen MR) is 125 cm³/mol. The van der Waals surface area contributed by atoms with Crippen molar-refractivity contribution in [2.75, 3.05) is 24.3 Å². The highest BCUT2D eigenvalue weighted by Gasteiger charge is 2.18. The fraction of sp³-hybridized carbons (Fsp3) is 0.200. The molecule has 1 amide bonds. The van der Waals surface area contributed by atoms with Gasteiger partial charge in [0.1, 0.15) is 19.0 Å².